The van der Waals surface area contributed by atoms with Gasteiger partial charge in [0.25, 0.3) is 0 Å². The average molecular weight is 404 g/mol. The van der Waals surface area contributed by atoms with E-state index in [2.05, 4.69) is 5.32 Å². The highest BCUT2D eigenvalue weighted by atomic mass is 32.1. The van der Waals surface area contributed by atoms with Crippen molar-refractivity contribution in [3.05, 3.63) is 44.9 Å². The molecule has 3 rings (SSSR count). The lowest BCUT2D eigenvalue weighted by atomic mass is 9.70. The van der Waals surface area contributed by atoms with Gasteiger partial charge in [0.1, 0.15) is 5.92 Å². The molecule has 1 aliphatic carbocycles. The van der Waals surface area contributed by atoms with Gasteiger partial charge >= 0.3 is 11.9 Å². The van der Waals surface area contributed by atoms with Crippen molar-refractivity contribution in [3.63, 3.8) is 0 Å². The second-order valence-corrected chi connectivity index (χ2v) is 7.98. The summed E-state index contributed by atoms with van der Waals surface area (Å²) >= 11 is 1.48. The van der Waals surface area contributed by atoms with Crippen LogP contribution < -0.4 is 5.32 Å². The Balaban J connectivity index is 2.11. The molecule has 1 aromatic heterocycles. The molecule has 6 nitrogen and oxygen atoms in total. The summed E-state index contributed by atoms with van der Waals surface area (Å²) in [5.41, 5.74) is 2.37. The number of Topliss-reactive ketones (excluding diaryl/α,β-unsaturated/α-hetero) is 1. The molecule has 0 saturated heterocycles. The van der Waals surface area contributed by atoms with E-state index in [1.807, 2.05) is 31.4 Å². The number of hydrogen-bond donors (Lipinski definition) is 1. The highest BCUT2D eigenvalue weighted by Crippen LogP contribution is 2.46. The maximum Gasteiger partial charge on any atom is 0.336 e. The minimum Gasteiger partial charge on any atom is -0.465 e. The van der Waals surface area contributed by atoms with Crippen LogP contribution in [0.1, 0.15) is 44.9 Å². The largest absolute Gasteiger partial charge is 0.465 e. The van der Waals surface area contributed by atoms with E-state index < -0.39 is 23.8 Å². The van der Waals surface area contributed by atoms with Crippen LogP contribution in [0.25, 0.3) is 0 Å². The van der Waals surface area contributed by atoms with Gasteiger partial charge in [-0.15, -0.1) is 11.3 Å². The van der Waals surface area contributed by atoms with E-state index in [1.54, 1.807) is 13.8 Å². The molecule has 0 amide bonds. The van der Waals surface area contributed by atoms with Crippen molar-refractivity contribution in [1.82, 2.24) is 5.32 Å². The van der Waals surface area contributed by atoms with Crippen LogP contribution in [0, 0.1) is 11.8 Å². The Morgan fingerprint density at radius 3 is 2.57 bits per heavy atom. The molecule has 2 aliphatic rings. The Morgan fingerprint density at radius 1 is 1.25 bits per heavy atom. The number of nitrogens with one attached hydrogen (secondary N) is 1. The Bertz CT molecular complexity index is 852. The molecule has 150 valence electrons. The molecule has 28 heavy (non-hydrogen) atoms. The molecule has 7 heteroatoms. The molecule has 0 unspecified atom stereocenters. The monoisotopic (exact) mass is 403 g/mol. The molecule has 2 heterocycles. The summed E-state index contributed by atoms with van der Waals surface area (Å²) in [4.78, 5) is 39.6. The van der Waals surface area contributed by atoms with Crippen LogP contribution in [0.15, 0.2) is 40.1 Å². The summed E-state index contributed by atoms with van der Waals surface area (Å²) in [7, 11) is 0. The first-order valence-corrected chi connectivity index (χ1v) is 10.4. The summed E-state index contributed by atoms with van der Waals surface area (Å²) in [5.74, 6) is -2.79. The van der Waals surface area contributed by atoms with Crippen LogP contribution in [-0.2, 0) is 23.9 Å². The third-order valence-electron chi connectivity index (χ3n) is 5.15. The van der Waals surface area contributed by atoms with Crippen LogP contribution in [0.4, 0.5) is 0 Å². The second kappa shape index (κ2) is 8.31. The van der Waals surface area contributed by atoms with Crippen LogP contribution in [0.2, 0.25) is 0 Å². The summed E-state index contributed by atoms with van der Waals surface area (Å²) in [6.45, 7) is 7.64. The van der Waals surface area contributed by atoms with Crippen molar-refractivity contribution >= 4 is 29.1 Å². The third kappa shape index (κ3) is 3.51. The molecule has 1 aromatic rings. The number of thiophene rings is 1. The predicted molar refractivity (Wildman–Crippen MR) is 105 cm³/mol. The summed E-state index contributed by atoms with van der Waals surface area (Å²) in [6.07, 6.45) is 0.542. The molecule has 1 N–H and O–H groups in total. The van der Waals surface area contributed by atoms with Crippen molar-refractivity contribution in [1.29, 1.82) is 0 Å². The topological polar surface area (TPSA) is 81.7 Å². The van der Waals surface area contributed by atoms with Gasteiger partial charge in [0.2, 0.25) is 0 Å². The van der Waals surface area contributed by atoms with Crippen molar-refractivity contribution in [2.45, 2.75) is 40.0 Å². The first kappa shape index (κ1) is 20.3. The number of hydrogen-bond acceptors (Lipinski definition) is 7. The molecule has 0 bridgehead atoms. The predicted octanol–water partition coefficient (Wildman–Crippen LogP) is 3.31. The smallest absolute Gasteiger partial charge is 0.336 e. The van der Waals surface area contributed by atoms with Gasteiger partial charge < -0.3 is 14.8 Å². The van der Waals surface area contributed by atoms with E-state index in [0.717, 1.165) is 10.6 Å². The van der Waals surface area contributed by atoms with Crippen LogP contribution in [0.5, 0.6) is 0 Å². The Morgan fingerprint density at radius 2 is 1.96 bits per heavy atom. The maximum absolute atomic E-state index is 13.5. The van der Waals surface area contributed by atoms with Gasteiger partial charge in [-0.25, -0.2) is 4.79 Å². The molecule has 1 aliphatic heterocycles. The van der Waals surface area contributed by atoms with E-state index in [-0.39, 0.29) is 24.9 Å². The molecule has 0 spiro atoms. The zero-order valence-electron chi connectivity index (χ0n) is 16.5. The molecular formula is C21H25NO5S. The first-order valence-electron chi connectivity index (χ1n) is 9.52. The number of carbonyl (C=O) groups excluding carboxylic acids is 3. The maximum atomic E-state index is 13.5. The lowest BCUT2D eigenvalue weighted by Crippen LogP contribution is -2.43. The lowest BCUT2D eigenvalue weighted by molar-refractivity contribution is -0.153. The van der Waals surface area contributed by atoms with E-state index in [9.17, 15) is 14.4 Å². The van der Waals surface area contributed by atoms with E-state index in [1.165, 1.54) is 11.3 Å². The quantitative estimate of drug-likeness (QED) is 0.600. The number of ketones is 1. The van der Waals surface area contributed by atoms with E-state index >= 15 is 0 Å². The number of rotatable bonds is 5. The van der Waals surface area contributed by atoms with Gasteiger partial charge in [-0.3, -0.25) is 9.59 Å². The van der Waals surface area contributed by atoms with Gasteiger partial charge in [0.15, 0.2) is 5.78 Å². The Hall–Kier alpha value is -2.41. The highest BCUT2D eigenvalue weighted by molar-refractivity contribution is 7.10. The van der Waals surface area contributed by atoms with Crippen molar-refractivity contribution in [2.24, 2.45) is 11.8 Å². The number of dihydropyridines is 1. The number of ether oxygens (including phenoxy) is 2. The van der Waals surface area contributed by atoms with Gasteiger partial charge in [0.05, 0.1) is 24.7 Å². The first-order chi connectivity index (χ1) is 13.4. The van der Waals surface area contributed by atoms with E-state index in [4.69, 9.17) is 9.47 Å². The fraction of sp³-hybridized carbons (Fsp3) is 0.476. The molecule has 3 atom stereocenters. The summed E-state index contributed by atoms with van der Waals surface area (Å²) in [6, 6.07) is 3.79. The van der Waals surface area contributed by atoms with Gasteiger partial charge in [0, 0.05) is 21.8 Å². The summed E-state index contributed by atoms with van der Waals surface area (Å²) in [5, 5.41) is 5.15. The van der Waals surface area contributed by atoms with Crippen LogP contribution in [-0.4, -0.2) is 30.9 Å². The fourth-order valence-electron chi connectivity index (χ4n) is 4.01. The highest BCUT2D eigenvalue weighted by Gasteiger charge is 2.47. The number of esters is 2. The van der Waals surface area contributed by atoms with Crippen molar-refractivity contribution in [3.8, 4) is 0 Å². The standard InChI is InChI=1S/C21H25NO5S/c1-5-26-20(24)15-11(3)10-13-17(19(15)23)18(14-8-7-9-28-14)16(12(4)22-13)21(25)27-6-2/h7-9,11,15,18,22H,5-6,10H2,1-4H3/t11-,15-,18+/m0/s1. The average Bonchev–Trinajstić information content (AvgIpc) is 3.15. The van der Waals surface area contributed by atoms with Crippen molar-refractivity contribution < 1.29 is 23.9 Å². The van der Waals surface area contributed by atoms with Gasteiger partial charge in [-0.1, -0.05) is 13.0 Å². The molecule has 0 radical (unpaired) electrons. The molecule has 0 aromatic carbocycles. The minimum atomic E-state index is -0.857. The minimum absolute atomic E-state index is 0.182. The van der Waals surface area contributed by atoms with Crippen LogP contribution in [0.3, 0.4) is 0 Å². The van der Waals surface area contributed by atoms with Crippen molar-refractivity contribution in [2.75, 3.05) is 13.2 Å². The van der Waals surface area contributed by atoms with Crippen LogP contribution >= 0.6 is 11.3 Å². The molecular weight excluding hydrogens is 378 g/mol. The van der Waals surface area contributed by atoms with E-state index in [0.29, 0.717) is 23.3 Å². The fourth-order valence-corrected chi connectivity index (χ4v) is 4.85. The molecule has 0 saturated carbocycles. The van der Waals surface area contributed by atoms with Gasteiger partial charge in [-0.2, -0.15) is 0 Å². The third-order valence-corrected chi connectivity index (χ3v) is 6.09. The second-order valence-electron chi connectivity index (χ2n) is 7.00. The molecule has 0 fully saturated rings. The number of allylic oxidation sites excluding steroid dienone is 3. The number of carbonyl (C=O) groups is 3. The zero-order valence-corrected chi connectivity index (χ0v) is 17.4. The Kier molecular flexibility index (Phi) is 6.03. The summed E-state index contributed by atoms with van der Waals surface area (Å²) < 4.78 is 10.4. The Labute approximate surface area is 168 Å². The zero-order chi connectivity index (χ0) is 20.4. The van der Waals surface area contributed by atoms with Gasteiger partial charge in [-0.05, 0) is 44.6 Å². The lowest BCUT2D eigenvalue weighted by Gasteiger charge is -2.37. The normalized spacial score (nSPS) is 24.6. The SMILES string of the molecule is CCOC(=O)C1=C(C)NC2=C(C(=O)[C@@H](C(=O)OCC)[C@@H](C)C2)[C@@H]1c1cccs1.